The van der Waals surface area contributed by atoms with Crippen LogP contribution < -0.4 is 29.1 Å². The van der Waals surface area contributed by atoms with Gasteiger partial charge >= 0.3 is 0 Å². The van der Waals surface area contributed by atoms with E-state index >= 15 is 0 Å². The van der Waals surface area contributed by atoms with E-state index in [-0.39, 0.29) is 11.6 Å². The van der Waals surface area contributed by atoms with E-state index in [0.717, 1.165) is 51.0 Å². The number of thiazole rings is 1. The third-order valence-electron chi connectivity index (χ3n) is 7.18. The number of fused-ring (bicyclic) bond motifs is 3. The first kappa shape index (κ1) is 26.3. The van der Waals surface area contributed by atoms with Crippen LogP contribution in [0.1, 0.15) is 34.7 Å². The van der Waals surface area contributed by atoms with Crippen LogP contribution >= 0.6 is 27.3 Å². The van der Waals surface area contributed by atoms with Gasteiger partial charge in [0.15, 0.2) is 16.3 Å². The average Bonchev–Trinajstić information content (AvgIpc) is 3.29. The number of allylic oxidation sites excluding steroid dienone is 1. The molecule has 0 radical (unpaired) electrons. The van der Waals surface area contributed by atoms with Gasteiger partial charge in [-0.05, 0) is 81.4 Å². The maximum absolute atomic E-state index is 14.1. The van der Waals surface area contributed by atoms with Gasteiger partial charge in [0.25, 0.3) is 5.56 Å². The Balaban J connectivity index is 1.56. The Kier molecular flexibility index (Phi) is 7.21. The molecule has 6 rings (SSSR count). The zero-order valence-electron chi connectivity index (χ0n) is 22.1. The quantitative estimate of drug-likeness (QED) is 0.252. The minimum absolute atomic E-state index is 0.0796. The van der Waals surface area contributed by atoms with E-state index in [9.17, 15) is 4.79 Å². The molecule has 8 heteroatoms. The van der Waals surface area contributed by atoms with Crippen LogP contribution in [-0.4, -0.2) is 25.4 Å². The van der Waals surface area contributed by atoms with E-state index in [4.69, 9.17) is 19.2 Å². The summed E-state index contributed by atoms with van der Waals surface area (Å²) in [4.78, 5) is 19.8. The van der Waals surface area contributed by atoms with Gasteiger partial charge in [0.05, 0.1) is 35.0 Å². The lowest BCUT2D eigenvalue weighted by Crippen LogP contribution is -2.38. The number of hydrogen-bond acceptors (Lipinski definition) is 6. The number of ether oxygens (including phenoxy) is 3. The number of nitrogens with zero attached hydrogens (tertiary/aromatic N) is 2. The molecule has 0 spiro atoms. The fraction of sp³-hybridized carbons (Fsp3) is 0.188. The lowest BCUT2D eigenvalue weighted by molar-refractivity contribution is 0.324. The van der Waals surface area contributed by atoms with Gasteiger partial charge in [-0.15, -0.1) is 0 Å². The van der Waals surface area contributed by atoms with Crippen LogP contribution in [-0.2, 0) is 6.42 Å². The van der Waals surface area contributed by atoms with Gasteiger partial charge in [-0.3, -0.25) is 9.36 Å². The van der Waals surface area contributed by atoms with Crippen molar-refractivity contribution in [2.45, 2.75) is 18.9 Å². The summed E-state index contributed by atoms with van der Waals surface area (Å²) in [6.45, 7) is 4.06. The maximum atomic E-state index is 14.1. The zero-order valence-corrected chi connectivity index (χ0v) is 24.6. The molecule has 6 nitrogen and oxygen atoms in total. The van der Waals surface area contributed by atoms with Crippen molar-refractivity contribution < 1.29 is 14.2 Å². The number of methoxy groups -OCH3 is 2. The number of rotatable bonds is 7. The standard InChI is InChI=1S/C32H27BrN2O4S/c1-4-14-39-30-25(33)15-19(16-26(30)38-3)17-27-31(36)35-29(21-9-7-10-22(18-21)37-2)24-13-12-20-8-5-6-11-23(20)28(24)34-32(35)40-27/h4-11,15-18,29H,1,12-14H2,2-3H3/b27-17+/t29-/m0/s1. The molecule has 1 aliphatic carbocycles. The van der Waals surface area contributed by atoms with Gasteiger partial charge < -0.3 is 14.2 Å². The summed E-state index contributed by atoms with van der Waals surface area (Å²) in [6.07, 6.45) is 5.30. The van der Waals surface area contributed by atoms with Gasteiger partial charge in [0.1, 0.15) is 12.4 Å². The summed E-state index contributed by atoms with van der Waals surface area (Å²) in [5.74, 6) is 1.91. The van der Waals surface area contributed by atoms with Gasteiger partial charge in [-0.25, -0.2) is 4.99 Å². The molecule has 0 saturated heterocycles. The summed E-state index contributed by atoms with van der Waals surface area (Å²) < 4.78 is 20.1. The molecule has 0 fully saturated rings. The van der Waals surface area contributed by atoms with Crippen molar-refractivity contribution in [2.75, 3.05) is 20.8 Å². The fourth-order valence-corrected chi connectivity index (χ4v) is 6.97. The van der Waals surface area contributed by atoms with Gasteiger partial charge in [0.2, 0.25) is 0 Å². The monoisotopic (exact) mass is 614 g/mol. The third kappa shape index (κ3) is 4.61. The van der Waals surface area contributed by atoms with Crippen LogP contribution in [0.25, 0.3) is 11.8 Å². The topological polar surface area (TPSA) is 62.0 Å². The number of hydrogen-bond donors (Lipinski definition) is 0. The molecule has 1 aliphatic heterocycles. The van der Waals surface area contributed by atoms with Gasteiger partial charge in [-0.2, -0.15) is 0 Å². The predicted octanol–water partition coefficient (Wildman–Crippen LogP) is 5.66. The minimum atomic E-state index is -0.271. The van der Waals surface area contributed by atoms with E-state index in [2.05, 4.69) is 46.8 Å². The molecule has 3 aromatic carbocycles. The Morgan fingerprint density at radius 1 is 1.10 bits per heavy atom. The second-order valence-corrected chi connectivity index (χ2v) is 11.4. The Bertz CT molecular complexity index is 1850. The third-order valence-corrected chi connectivity index (χ3v) is 8.75. The lowest BCUT2D eigenvalue weighted by Gasteiger charge is -2.31. The molecule has 4 aromatic rings. The summed E-state index contributed by atoms with van der Waals surface area (Å²) in [6, 6.07) is 19.9. The van der Waals surface area contributed by atoms with Gasteiger partial charge in [0, 0.05) is 5.56 Å². The zero-order chi connectivity index (χ0) is 27.8. The van der Waals surface area contributed by atoms with Crippen molar-refractivity contribution in [3.63, 3.8) is 0 Å². The second kappa shape index (κ2) is 10.9. The Labute approximate surface area is 244 Å². The summed E-state index contributed by atoms with van der Waals surface area (Å²) in [5.41, 5.74) is 6.27. The van der Waals surface area contributed by atoms with Crippen LogP contribution in [0.3, 0.4) is 0 Å². The Morgan fingerprint density at radius 3 is 2.75 bits per heavy atom. The molecule has 2 heterocycles. The molecule has 0 amide bonds. The van der Waals surface area contributed by atoms with E-state index in [1.807, 2.05) is 47.0 Å². The van der Waals surface area contributed by atoms with Crippen molar-refractivity contribution in [1.29, 1.82) is 0 Å². The van der Waals surface area contributed by atoms with E-state index in [0.29, 0.717) is 27.4 Å². The highest BCUT2D eigenvalue weighted by atomic mass is 79.9. The lowest BCUT2D eigenvalue weighted by atomic mass is 9.83. The van der Waals surface area contributed by atoms with E-state index in [1.165, 1.54) is 16.9 Å². The van der Waals surface area contributed by atoms with Crippen molar-refractivity contribution in [1.82, 2.24) is 4.57 Å². The maximum Gasteiger partial charge on any atom is 0.271 e. The first-order valence-electron chi connectivity index (χ1n) is 12.9. The minimum Gasteiger partial charge on any atom is -0.497 e. The summed E-state index contributed by atoms with van der Waals surface area (Å²) >= 11 is 4.99. The largest absolute Gasteiger partial charge is 0.497 e. The molecule has 0 saturated carbocycles. The van der Waals surface area contributed by atoms with Gasteiger partial charge in [-0.1, -0.05) is 60.4 Å². The van der Waals surface area contributed by atoms with Crippen LogP contribution in [0, 0.1) is 0 Å². The highest BCUT2D eigenvalue weighted by Gasteiger charge is 2.32. The molecule has 0 bridgehead atoms. The first-order chi connectivity index (χ1) is 19.5. The Morgan fingerprint density at radius 2 is 1.95 bits per heavy atom. The summed E-state index contributed by atoms with van der Waals surface area (Å²) in [7, 11) is 3.25. The van der Waals surface area contributed by atoms with Crippen LogP contribution in [0.4, 0.5) is 0 Å². The second-order valence-electron chi connectivity index (χ2n) is 9.52. The van der Waals surface area contributed by atoms with Crippen LogP contribution in [0.2, 0.25) is 0 Å². The SMILES string of the molecule is C=CCOc1c(Br)cc(/C=c2/sc3n(c2=O)[C@@H](c2cccc(OC)c2)C2=C(N=3)c3ccccc3CC2)cc1OC. The van der Waals surface area contributed by atoms with E-state index in [1.54, 1.807) is 20.3 Å². The predicted molar refractivity (Wildman–Crippen MR) is 162 cm³/mol. The fourth-order valence-electron chi connectivity index (χ4n) is 5.39. The Hall–Kier alpha value is -3.88. The first-order valence-corrected chi connectivity index (χ1v) is 14.5. The molecule has 2 aliphatic rings. The van der Waals surface area contributed by atoms with Crippen molar-refractivity contribution in [3.8, 4) is 17.2 Å². The normalized spacial score (nSPS) is 16.0. The molecular formula is C32H27BrN2O4S. The summed E-state index contributed by atoms with van der Waals surface area (Å²) in [5, 5.41) is 0. The molecule has 202 valence electrons. The molecular weight excluding hydrogens is 588 g/mol. The number of aromatic nitrogens is 1. The van der Waals surface area contributed by atoms with Crippen molar-refractivity contribution in [3.05, 3.63) is 125 Å². The molecule has 1 atom stereocenters. The molecule has 0 N–H and O–H groups in total. The smallest absolute Gasteiger partial charge is 0.271 e. The number of benzene rings is 3. The number of aryl methyl sites for hydroxylation is 1. The van der Waals surface area contributed by atoms with Crippen molar-refractivity contribution >= 4 is 39.0 Å². The molecule has 1 aromatic heterocycles. The van der Waals surface area contributed by atoms with Crippen LogP contribution in [0.5, 0.6) is 17.2 Å². The molecule has 40 heavy (non-hydrogen) atoms. The number of halogens is 1. The van der Waals surface area contributed by atoms with Crippen molar-refractivity contribution in [2.24, 2.45) is 4.99 Å². The van der Waals surface area contributed by atoms with E-state index < -0.39 is 0 Å². The van der Waals surface area contributed by atoms with Crippen LogP contribution in [0.15, 0.2) is 93.2 Å². The highest BCUT2D eigenvalue weighted by Crippen LogP contribution is 2.42. The molecule has 0 unspecified atom stereocenters. The average molecular weight is 616 g/mol. The highest BCUT2D eigenvalue weighted by molar-refractivity contribution is 9.10.